The molecule has 0 saturated heterocycles. The summed E-state index contributed by atoms with van der Waals surface area (Å²) in [7, 11) is 0. The van der Waals surface area contributed by atoms with Crippen LogP contribution in [0.3, 0.4) is 0 Å². The van der Waals surface area contributed by atoms with Crippen LogP contribution in [0, 0.1) is 0 Å². The summed E-state index contributed by atoms with van der Waals surface area (Å²) in [6.07, 6.45) is 7.81. The predicted molar refractivity (Wildman–Crippen MR) is 51.8 cm³/mol. The van der Waals surface area contributed by atoms with Gasteiger partial charge in [0.15, 0.2) is 0 Å². The van der Waals surface area contributed by atoms with Crippen molar-refractivity contribution in [1.29, 1.82) is 0 Å². The molecule has 1 amide bonds. The first-order valence-electron chi connectivity index (χ1n) is 4.77. The molecule has 0 saturated carbocycles. The van der Waals surface area contributed by atoms with Crippen LogP contribution in [0.1, 0.15) is 32.1 Å². The quantitative estimate of drug-likeness (QED) is 0.512. The SMILES string of the molecule is O=CNC1(CCC(=O)O)CC=CCC1. The third-order valence-electron chi connectivity index (χ3n) is 2.65. The second-order valence-electron chi connectivity index (χ2n) is 3.65. The molecule has 0 heterocycles. The van der Waals surface area contributed by atoms with Gasteiger partial charge in [-0.05, 0) is 25.7 Å². The van der Waals surface area contributed by atoms with Crippen molar-refractivity contribution in [3.05, 3.63) is 12.2 Å². The first-order chi connectivity index (χ1) is 6.68. The fourth-order valence-corrected chi connectivity index (χ4v) is 1.79. The zero-order valence-electron chi connectivity index (χ0n) is 8.03. The molecule has 0 bridgehead atoms. The number of rotatable bonds is 5. The Morgan fingerprint density at radius 3 is 2.86 bits per heavy atom. The second kappa shape index (κ2) is 4.79. The Labute approximate surface area is 83.0 Å². The molecule has 4 heteroatoms. The number of allylic oxidation sites excluding steroid dienone is 1. The highest BCUT2D eigenvalue weighted by Gasteiger charge is 2.29. The minimum atomic E-state index is -0.813. The van der Waals surface area contributed by atoms with Gasteiger partial charge in [-0.2, -0.15) is 0 Å². The lowest BCUT2D eigenvalue weighted by Gasteiger charge is -2.34. The van der Waals surface area contributed by atoms with Crippen molar-refractivity contribution in [2.45, 2.75) is 37.6 Å². The number of carboxylic acids is 1. The summed E-state index contributed by atoms with van der Waals surface area (Å²) < 4.78 is 0. The Morgan fingerprint density at radius 2 is 2.36 bits per heavy atom. The number of carbonyl (C=O) groups is 2. The molecule has 0 aromatic rings. The molecule has 0 aromatic heterocycles. The largest absolute Gasteiger partial charge is 0.481 e. The van der Waals surface area contributed by atoms with Crippen LogP contribution in [0.4, 0.5) is 0 Å². The van der Waals surface area contributed by atoms with Crippen LogP contribution in [0.25, 0.3) is 0 Å². The Kier molecular flexibility index (Phi) is 3.68. The first-order valence-corrected chi connectivity index (χ1v) is 4.77. The van der Waals surface area contributed by atoms with E-state index in [1.807, 2.05) is 6.08 Å². The molecule has 1 unspecified atom stereocenters. The molecule has 1 rings (SSSR count). The van der Waals surface area contributed by atoms with Crippen molar-refractivity contribution >= 4 is 12.4 Å². The predicted octanol–water partition coefficient (Wildman–Crippen LogP) is 1.08. The summed E-state index contributed by atoms with van der Waals surface area (Å²) in [5.41, 5.74) is -0.325. The lowest BCUT2D eigenvalue weighted by atomic mass is 9.82. The van der Waals surface area contributed by atoms with Gasteiger partial charge >= 0.3 is 5.97 Å². The highest BCUT2D eigenvalue weighted by Crippen LogP contribution is 2.27. The summed E-state index contributed by atoms with van der Waals surface area (Å²) in [6, 6.07) is 0. The average Bonchev–Trinajstić information content (AvgIpc) is 2.17. The molecule has 14 heavy (non-hydrogen) atoms. The fourth-order valence-electron chi connectivity index (χ4n) is 1.79. The lowest BCUT2D eigenvalue weighted by molar-refractivity contribution is -0.137. The molecule has 0 radical (unpaired) electrons. The van der Waals surface area contributed by atoms with Crippen molar-refractivity contribution in [2.24, 2.45) is 0 Å². The van der Waals surface area contributed by atoms with E-state index in [1.54, 1.807) is 0 Å². The van der Waals surface area contributed by atoms with Crippen LogP contribution >= 0.6 is 0 Å². The molecule has 1 aliphatic carbocycles. The van der Waals surface area contributed by atoms with Crippen LogP contribution in [0.5, 0.6) is 0 Å². The summed E-state index contributed by atoms with van der Waals surface area (Å²) in [6.45, 7) is 0. The maximum absolute atomic E-state index is 10.5. The maximum Gasteiger partial charge on any atom is 0.303 e. The zero-order chi connectivity index (χ0) is 10.4. The number of nitrogens with one attached hydrogen (secondary N) is 1. The summed E-state index contributed by atoms with van der Waals surface area (Å²) >= 11 is 0. The minimum absolute atomic E-state index is 0.106. The monoisotopic (exact) mass is 197 g/mol. The van der Waals surface area contributed by atoms with E-state index in [4.69, 9.17) is 5.11 Å². The fraction of sp³-hybridized carbons (Fsp3) is 0.600. The Morgan fingerprint density at radius 1 is 1.57 bits per heavy atom. The Balaban J connectivity index is 2.56. The van der Waals surface area contributed by atoms with E-state index in [0.717, 1.165) is 19.3 Å². The average molecular weight is 197 g/mol. The molecular formula is C10H15NO3. The summed E-state index contributed by atoms with van der Waals surface area (Å²) in [5, 5.41) is 11.4. The Bertz CT molecular complexity index is 250. The molecule has 4 nitrogen and oxygen atoms in total. The molecule has 0 aromatic carbocycles. The van der Waals surface area contributed by atoms with Gasteiger partial charge in [0.1, 0.15) is 0 Å². The molecular weight excluding hydrogens is 182 g/mol. The highest BCUT2D eigenvalue weighted by molar-refractivity contribution is 5.67. The molecule has 1 aliphatic rings. The Hall–Kier alpha value is -1.32. The van der Waals surface area contributed by atoms with Crippen molar-refractivity contribution in [3.63, 3.8) is 0 Å². The number of hydrogen-bond donors (Lipinski definition) is 2. The van der Waals surface area contributed by atoms with Gasteiger partial charge in [0.2, 0.25) is 6.41 Å². The number of aliphatic carboxylic acids is 1. The third-order valence-corrected chi connectivity index (χ3v) is 2.65. The molecule has 2 N–H and O–H groups in total. The number of carboxylic acid groups (broad SMARTS) is 1. The summed E-state index contributed by atoms with van der Waals surface area (Å²) in [4.78, 5) is 20.9. The van der Waals surface area contributed by atoms with Gasteiger partial charge in [-0.25, -0.2) is 0 Å². The van der Waals surface area contributed by atoms with E-state index in [1.165, 1.54) is 0 Å². The van der Waals surface area contributed by atoms with Gasteiger partial charge in [-0.1, -0.05) is 12.2 Å². The van der Waals surface area contributed by atoms with Gasteiger partial charge in [0.25, 0.3) is 0 Å². The van der Waals surface area contributed by atoms with E-state index < -0.39 is 5.97 Å². The second-order valence-corrected chi connectivity index (χ2v) is 3.65. The van der Waals surface area contributed by atoms with E-state index in [-0.39, 0.29) is 12.0 Å². The number of amides is 1. The van der Waals surface area contributed by atoms with Crippen LogP contribution in [-0.2, 0) is 9.59 Å². The van der Waals surface area contributed by atoms with Crippen molar-refractivity contribution < 1.29 is 14.7 Å². The van der Waals surface area contributed by atoms with Crippen LogP contribution in [0.15, 0.2) is 12.2 Å². The molecule has 1 atom stereocenters. The van der Waals surface area contributed by atoms with Gasteiger partial charge in [0.05, 0.1) is 0 Å². The summed E-state index contributed by atoms with van der Waals surface area (Å²) in [5.74, 6) is -0.813. The van der Waals surface area contributed by atoms with Crippen LogP contribution < -0.4 is 5.32 Å². The standard InChI is InChI=1S/C10H15NO3/c12-8-11-10(7-4-9(13)14)5-2-1-3-6-10/h1-2,8H,3-7H2,(H,11,12)(H,13,14). The van der Waals surface area contributed by atoms with Crippen LogP contribution in [0.2, 0.25) is 0 Å². The van der Waals surface area contributed by atoms with Crippen molar-refractivity contribution in [1.82, 2.24) is 5.32 Å². The van der Waals surface area contributed by atoms with E-state index in [0.29, 0.717) is 12.8 Å². The topological polar surface area (TPSA) is 66.4 Å². The minimum Gasteiger partial charge on any atom is -0.481 e. The van der Waals surface area contributed by atoms with Gasteiger partial charge in [-0.3, -0.25) is 9.59 Å². The normalized spacial score (nSPS) is 25.7. The molecule has 0 spiro atoms. The number of carbonyl (C=O) groups excluding carboxylic acids is 1. The van der Waals surface area contributed by atoms with Gasteiger partial charge < -0.3 is 10.4 Å². The van der Waals surface area contributed by atoms with Gasteiger partial charge in [0, 0.05) is 12.0 Å². The first kappa shape index (κ1) is 10.8. The van der Waals surface area contributed by atoms with Crippen molar-refractivity contribution in [2.75, 3.05) is 0 Å². The van der Waals surface area contributed by atoms with E-state index in [9.17, 15) is 9.59 Å². The molecule has 78 valence electrons. The zero-order valence-corrected chi connectivity index (χ0v) is 8.03. The number of hydrogen-bond acceptors (Lipinski definition) is 2. The van der Waals surface area contributed by atoms with Crippen molar-refractivity contribution in [3.8, 4) is 0 Å². The van der Waals surface area contributed by atoms with E-state index >= 15 is 0 Å². The third kappa shape index (κ3) is 2.87. The lowest BCUT2D eigenvalue weighted by Crippen LogP contribution is -2.45. The molecule has 0 aliphatic heterocycles. The smallest absolute Gasteiger partial charge is 0.303 e. The highest BCUT2D eigenvalue weighted by atomic mass is 16.4. The van der Waals surface area contributed by atoms with Crippen LogP contribution in [-0.4, -0.2) is 23.0 Å². The maximum atomic E-state index is 10.5. The van der Waals surface area contributed by atoms with Gasteiger partial charge in [-0.15, -0.1) is 0 Å². The molecule has 0 fully saturated rings. The van der Waals surface area contributed by atoms with E-state index in [2.05, 4.69) is 11.4 Å².